The molecule has 8 heteroatoms. The minimum absolute atomic E-state index is 0.0721. The largest absolute Gasteiger partial charge is 0.350 e. The Labute approximate surface area is 155 Å². The molecule has 2 aromatic rings. The Morgan fingerprint density at radius 3 is 2.92 bits per heavy atom. The van der Waals surface area contributed by atoms with E-state index in [0.29, 0.717) is 23.3 Å². The first-order valence-electron chi connectivity index (χ1n) is 7.90. The third kappa shape index (κ3) is 3.73. The molecule has 0 aliphatic carbocycles. The zero-order chi connectivity index (χ0) is 18.0. The first-order valence-corrected chi connectivity index (χ1v) is 9.27. The number of thioether (sulfide) groups is 1. The average molecular weight is 379 g/mol. The van der Waals surface area contributed by atoms with Gasteiger partial charge in [0.05, 0.1) is 6.04 Å². The van der Waals surface area contributed by atoms with Crippen molar-refractivity contribution in [2.45, 2.75) is 17.7 Å². The highest BCUT2D eigenvalue weighted by Gasteiger charge is 2.22. The Kier molecular flexibility index (Phi) is 5.46. The highest BCUT2D eigenvalue weighted by Crippen LogP contribution is 2.25. The van der Waals surface area contributed by atoms with E-state index in [1.807, 2.05) is 43.3 Å². The van der Waals surface area contributed by atoms with Gasteiger partial charge >= 0.3 is 0 Å². The van der Waals surface area contributed by atoms with Gasteiger partial charge < -0.3 is 10.2 Å². The number of halogens is 1. The van der Waals surface area contributed by atoms with Crippen LogP contribution in [0.15, 0.2) is 40.4 Å². The lowest BCUT2D eigenvalue weighted by molar-refractivity contribution is 0.0939. The summed E-state index contributed by atoms with van der Waals surface area (Å²) < 4.78 is 1.55. The molecular weight excluding hydrogens is 360 g/mol. The molecule has 0 bridgehead atoms. The van der Waals surface area contributed by atoms with E-state index < -0.39 is 5.91 Å². The molecule has 132 valence electrons. The van der Waals surface area contributed by atoms with Crippen LogP contribution in [0.4, 0.5) is 0 Å². The van der Waals surface area contributed by atoms with Crippen LogP contribution in [-0.2, 0) is 6.54 Å². The van der Waals surface area contributed by atoms with E-state index in [2.05, 4.69) is 10.3 Å². The third-order valence-corrected chi connectivity index (χ3v) is 5.46. The molecular formula is C17H19ClN4O2S. The second-order valence-electron chi connectivity index (χ2n) is 5.97. The smallest absolute Gasteiger partial charge is 0.267 e. The average Bonchev–Trinajstić information content (AvgIpc) is 3.06. The van der Waals surface area contributed by atoms with Gasteiger partial charge in [-0.05, 0) is 25.7 Å². The van der Waals surface area contributed by atoms with Crippen LogP contribution in [0.3, 0.4) is 0 Å². The fourth-order valence-corrected chi connectivity index (χ4v) is 3.95. The summed E-state index contributed by atoms with van der Waals surface area (Å²) >= 11 is 7.80. The molecule has 6 nitrogen and oxygen atoms in total. The fourth-order valence-electron chi connectivity index (χ4n) is 2.77. The van der Waals surface area contributed by atoms with Crippen molar-refractivity contribution in [2.24, 2.45) is 0 Å². The van der Waals surface area contributed by atoms with Crippen LogP contribution >= 0.6 is 23.4 Å². The second kappa shape index (κ2) is 7.59. The van der Waals surface area contributed by atoms with Gasteiger partial charge in [0.2, 0.25) is 0 Å². The number of carbonyl (C=O) groups is 1. The lowest BCUT2D eigenvalue weighted by Crippen LogP contribution is -2.38. The monoisotopic (exact) mass is 378 g/mol. The molecule has 0 fully saturated rings. The number of hydrogen-bond donors (Lipinski definition) is 1. The Hall–Kier alpha value is -1.83. The zero-order valence-electron chi connectivity index (χ0n) is 14.0. The van der Waals surface area contributed by atoms with Gasteiger partial charge in [-0.25, -0.2) is 4.98 Å². The first-order chi connectivity index (χ1) is 12.0. The second-order valence-corrected chi connectivity index (χ2v) is 7.44. The maximum absolute atomic E-state index is 12.5. The molecule has 1 aliphatic rings. The van der Waals surface area contributed by atoms with Gasteiger partial charge in [0.15, 0.2) is 5.16 Å². The predicted octanol–water partition coefficient (Wildman–Crippen LogP) is 2.04. The number of rotatable bonds is 5. The molecule has 25 heavy (non-hydrogen) atoms. The lowest BCUT2D eigenvalue weighted by Gasteiger charge is -2.26. The molecule has 1 aromatic carbocycles. The summed E-state index contributed by atoms with van der Waals surface area (Å²) in [5.74, 6) is 0.395. The molecule has 1 N–H and O–H groups in total. The predicted molar refractivity (Wildman–Crippen MR) is 99.4 cm³/mol. The number of likely N-dealkylation sites (N-methyl/N-ethyl adjacent to an activating group) is 1. The lowest BCUT2D eigenvalue weighted by atomic mass is 10.1. The quantitative estimate of drug-likeness (QED) is 0.806. The number of fused-ring (bicyclic) bond motifs is 1. The van der Waals surface area contributed by atoms with Crippen LogP contribution in [-0.4, -0.2) is 46.8 Å². The van der Waals surface area contributed by atoms with Crippen molar-refractivity contribution >= 4 is 29.3 Å². The summed E-state index contributed by atoms with van der Waals surface area (Å²) in [5.41, 5.74) is 0.712. The number of nitrogens with zero attached hydrogens (tertiary/aromatic N) is 3. The van der Waals surface area contributed by atoms with E-state index in [4.69, 9.17) is 11.6 Å². The summed E-state index contributed by atoms with van der Waals surface area (Å²) in [5, 5.41) is 4.15. The molecule has 2 heterocycles. The highest BCUT2D eigenvalue weighted by atomic mass is 35.5. The molecule has 1 unspecified atom stereocenters. The van der Waals surface area contributed by atoms with Gasteiger partial charge in [0, 0.05) is 30.1 Å². The summed E-state index contributed by atoms with van der Waals surface area (Å²) in [6.07, 6.45) is 1.36. The van der Waals surface area contributed by atoms with Crippen LogP contribution in [0.25, 0.3) is 0 Å². The Bertz CT molecular complexity index is 853. The fraction of sp³-hybridized carbons (Fsp3) is 0.353. The Morgan fingerprint density at radius 1 is 1.44 bits per heavy atom. The third-order valence-electron chi connectivity index (χ3n) is 4.14. The number of amides is 1. The molecule has 1 aromatic heterocycles. The van der Waals surface area contributed by atoms with Crippen molar-refractivity contribution in [1.29, 1.82) is 0 Å². The molecule has 0 saturated carbocycles. The van der Waals surface area contributed by atoms with E-state index in [0.717, 1.165) is 11.3 Å². The van der Waals surface area contributed by atoms with Crippen molar-refractivity contribution in [3.8, 4) is 0 Å². The molecule has 0 spiro atoms. The molecule has 1 aliphatic heterocycles. The molecule has 3 rings (SSSR count). The minimum Gasteiger partial charge on any atom is -0.350 e. The van der Waals surface area contributed by atoms with E-state index in [1.165, 1.54) is 18.0 Å². The van der Waals surface area contributed by atoms with Crippen molar-refractivity contribution in [3.63, 3.8) is 0 Å². The standard InChI is InChI=1S/C17H19ClN4O2S/c1-21(2)14(11-5-3-4-6-13(11)18)10-19-15(23)12-9-20-17-22(16(12)24)7-8-25-17/h3-6,9,14H,7-8,10H2,1-2H3,(H,19,23). The number of carbonyl (C=O) groups excluding carboxylic acids is 1. The van der Waals surface area contributed by atoms with Crippen molar-refractivity contribution in [3.05, 3.63) is 57.0 Å². The number of hydrogen-bond acceptors (Lipinski definition) is 5. The number of aromatic nitrogens is 2. The summed E-state index contributed by atoms with van der Waals surface area (Å²) in [6, 6.07) is 7.44. The van der Waals surface area contributed by atoms with Gasteiger partial charge in [-0.1, -0.05) is 41.6 Å². The van der Waals surface area contributed by atoms with E-state index in [-0.39, 0.29) is 17.2 Å². The molecule has 0 radical (unpaired) electrons. The van der Waals surface area contributed by atoms with E-state index in [1.54, 1.807) is 4.57 Å². The Morgan fingerprint density at radius 2 is 2.20 bits per heavy atom. The zero-order valence-corrected chi connectivity index (χ0v) is 15.6. The van der Waals surface area contributed by atoms with Crippen molar-refractivity contribution in [1.82, 2.24) is 19.8 Å². The maximum Gasteiger partial charge on any atom is 0.267 e. The van der Waals surface area contributed by atoms with E-state index in [9.17, 15) is 9.59 Å². The molecule has 1 atom stereocenters. The number of benzene rings is 1. The summed E-state index contributed by atoms with van der Waals surface area (Å²) in [7, 11) is 3.84. The van der Waals surface area contributed by atoms with Crippen LogP contribution < -0.4 is 10.9 Å². The maximum atomic E-state index is 12.5. The van der Waals surface area contributed by atoms with E-state index >= 15 is 0 Å². The van der Waals surface area contributed by atoms with Gasteiger partial charge in [0.1, 0.15) is 5.56 Å². The highest BCUT2D eigenvalue weighted by molar-refractivity contribution is 7.99. The van der Waals surface area contributed by atoms with Crippen molar-refractivity contribution < 1.29 is 4.79 Å². The number of nitrogens with one attached hydrogen (secondary N) is 1. The van der Waals surface area contributed by atoms with Crippen LogP contribution in [0.5, 0.6) is 0 Å². The van der Waals surface area contributed by atoms with Gasteiger partial charge in [-0.2, -0.15) is 0 Å². The normalized spacial score (nSPS) is 14.4. The molecule has 0 saturated heterocycles. The first kappa shape index (κ1) is 18.0. The minimum atomic E-state index is -0.413. The van der Waals surface area contributed by atoms with Gasteiger partial charge in [-0.15, -0.1) is 0 Å². The van der Waals surface area contributed by atoms with Gasteiger partial charge in [0.25, 0.3) is 11.5 Å². The van der Waals surface area contributed by atoms with Crippen molar-refractivity contribution in [2.75, 3.05) is 26.4 Å². The molecule has 1 amide bonds. The van der Waals surface area contributed by atoms with Crippen LogP contribution in [0, 0.1) is 0 Å². The SMILES string of the molecule is CN(C)C(CNC(=O)c1cnc2n(c1=O)CCS2)c1ccccc1Cl. The van der Waals surface area contributed by atoms with Gasteiger partial charge in [-0.3, -0.25) is 14.2 Å². The topological polar surface area (TPSA) is 67.2 Å². The Balaban J connectivity index is 1.77. The summed E-state index contributed by atoms with van der Waals surface area (Å²) in [6.45, 7) is 0.929. The summed E-state index contributed by atoms with van der Waals surface area (Å²) in [4.78, 5) is 31.1. The van der Waals surface area contributed by atoms with Crippen LogP contribution in [0.1, 0.15) is 22.0 Å². The van der Waals surface area contributed by atoms with Crippen LogP contribution in [0.2, 0.25) is 5.02 Å².